The zero-order valence-corrected chi connectivity index (χ0v) is 14.2. The SMILES string of the molecule is CCCN(CCC(=O)O)C(=O)CCCN1C(=O)c2ccccc2C1=O. The predicted octanol–water partition coefficient (Wildman–Crippen LogP) is 1.78. The molecule has 3 amide bonds. The fraction of sp³-hybridized carbons (Fsp3) is 0.444. The van der Waals surface area contributed by atoms with Crippen LogP contribution in [0.15, 0.2) is 24.3 Å². The normalized spacial score (nSPS) is 13.1. The van der Waals surface area contributed by atoms with E-state index in [4.69, 9.17) is 5.11 Å². The molecule has 0 unspecified atom stereocenters. The van der Waals surface area contributed by atoms with Gasteiger partial charge < -0.3 is 10.0 Å². The van der Waals surface area contributed by atoms with Crippen LogP contribution in [0.25, 0.3) is 0 Å². The van der Waals surface area contributed by atoms with Gasteiger partial charge in [0, 0.05) is 26.1 Å². The highest BCUT2D eigenvalue weighted by Gasteiger charge is 2.34. The largest absolute Gasteiger partial charge is 0.481 e. The number of carbonyl (C=O) groups is 4. The first kappa shape index (κ1) is 18.6. The highest BCUT2D eigenvalue weighted by Crippen LogP contribution is 2.22. The van der Waals surface area contributed by atoms with E-state index in [-0.39, 0.29) is 43.7 Å². The molecule has 134 valence electrons. The number of hydrogen-bond acceptors (Lipinski definition) is 4. The van der Waals surface area contributed by atoms with Crippen molar-refractivity contribution in [3.05, 3.63) is 35.4 Å². The topological polar surface area (TPSA) is 95.0 Å². The first-order valence-electron chi connectivity index (χ1n) is 8.40. The van der Waals surface area contributed by atoms with Crippen molar-refractivity contribution < 1.29 is 24.3 Å². The van der Waals surface area contributed by atoms with E-state index < -0.39 is 5.97 Å². The number of carboxylic acids is 1. The lowest BCUT2D eigenvalue weighted by molar-refractivity contribution is -0.138. The molecule has 0 saturated heterocycles. The molecule has 1 heterocycles. The van der Waals surface area contributed by atoms with Crippen molar-refractivity contribution in [2.45, 2.75) is 32.6 Å². The monoisotopic (exact) mass is 346 g/mol. The minimum absolute atomic E-state index is 0.0931. The minimum atomic E-state index is -0.945. The molecule has 0 bridgehead atoms. The van der Waals surface area contributed by atoms with E-state index in [1.165, 1.54) is 9.80 Å². The number of aliphatic carboxylic acids is 1. The van der Waals surface area contributed by atoms with Gasteiger partial charge in [0.25, 0.3) is 11.8 Å². The number of rotatable bonds is 9. The molecule has 1 aliphatic heterocycles. The second-order valence-corrected chi connectivity index (χ2v) is 5.94. The van der Waals surface area contributed by atoms with Crippen LogP contribution in [0, 0.1) is 0 Å². The minimum Gasteiger partial charge on any atom is -0.481 e. The first-order chi connectivity index (χ1) is 12.0. The van der Waals surface area contributed by atoms with Crippen molar-refractivity contribution in [2.75, 3.05) is 19.6 Å². The molecule has 7 heteroatoms. The number of benzene rings is 1. The van der Waals surface area contributed by atoms with E-state index >= 15 is 0 Å². The van der Waals surface area contributed by atoms with E-state index in [0.29, 0.717) is 24.1 Å². The fourth-order valence-electron chi connectivity index (χ4n) is 2.85. The van der Waals surface area contributed by atoms with E-state index in [9.17, 15) is 19.2 Å². The summed E-state index contributed by atoms with van der Waals surface area (Å²) < 4.78 is 0. The molecule has 0 aliphatic carbocycles. The Bertz CT molecular complexity index is 651. The van der Waals surface area contributed by atoms with Gasteiger partial charge in [-0.2, -0.15) is 0 Å². The van der Waals surface area contributed by atoms with E-state index in [1.807, 2.05) is 6.92 Å². The Labute approximate surface area is 146 Å². The van der Waals surface area contributed by atoms with Crippen LogP contribution in [-0.4, -0.2) is 58.2 Å². The molecule has 0 spiro atoms. The van der Waals surface area contributed by atoms with Crippen molar-refractivity contribution >= 4 is 23.7 Å². The third-order valence-corrected chi connectivity index (χ3v) is 4.09. The molecule has 0 radical (unpaired) electrons. The number of fused-ring (bicyclic) bond motifs is 1. The molecule has 0 saturated carbocycles. The zero-order chi connectivity index (χ0) is 18.4. The average molecular weight is 346 g/mol. The number of carbonyl (C=O) groups excluding carboxylic acids is 3. The zero-order valence-electron chi connectivity index (χ0n) is 14.2. The Hall–Kier alpha value is -2.70. The lowest BCUT2D eigenvalue weighted by Crippen LogP contribution is -2.35. The summed E-state index contributed by atoms with van der Waals surface area (Å²) in [5, 5.41) is 8.76. The average Bonchev–Trinajstić information content (AvgIpc) is 2.83. The lowest BCUT2D eigenvalue weighted by Gasteiger charge is -2.22. The molecular formula is C18H22N2O5. The second-order valence-electron chi connectivity index (χ2n) is 5.94. The predicted molar refractivity (Wildman–Crippen MR) is 90.2 cm³/mol. The van der Waals surface area contributed by atoms with Crippen molar-refractivity contribution in [1.82, 2.24) is 9.80 Å². The highest BCUT2D eigenvalue weighted by molar-refractivity contribution is 6.21. The molecule has 1 N–H and O–H groups in total. The molecule has 0 atom stereocenters. The summed E-state index contributed by atoms with van der Waals surface area (Å²) in [6.07, 6.45) is 1.18. The Balaban J connectivity index is 1.87. The van der Waals surface area contributed by atoms with Crippen LogP contribution in [-0.2, 0) is 9.59 Å². The summed E-state index contributed by atoms with van der Waals surface area (Å²) in [5.74, 6) is -1.76. The Morgan fingerprint density at radius 1 is 1.04 bits per heavy atom. The van der Waals surface area contributed by atoms with Gasteiger partial charge in [0.05, 0.1) is 17.5 Å². The van der Waals surface area contributed by atoms with Gasteiger partial charge in [-0.05, 0) is 25.0 Å². The Morgan fingerprint density at radius 2 is 1.64 bits per heavy atom. The molecule has 25 heavy (non-hydrogen) atoms. The maximum atomic E-state index is 12.2. The number of amides is 3. The summed E-state index contributed by atoms with van der Waals surface area (Å²) in [6, 6.07) is 6.66. The van der Waals surface area contributed by atoms with Gasteiger partial charge in [-0.3, -0.25) is 24.1 Å². The van der Waals surface area contributed by atoms with Gasteiger partial charge in [-0.1, -0.05) is 19.1 Å². The molecule has 2 rings (SSSR count). The highest BCUT2D eigenvalue weighted by atomic mass is 16.4. The van der Waals surface area contributed by atoms with Gasteiger partial charge in [0.15, 0.2) is 0 Å². The van der Waals surface area contributed by atoms with Gasteiger partial charge in [-0.25, -0.2) is 0 Å². The van der Waals surface area contributed by atoms with Crippen LogP contribution in [0.2, 0.25) is 0 Å². The summed E-state index contributed by atoms with van der Waals surface area (Å²) in [4.78, 5) is 50.1. The van der Waals surface area contributed by atoms with Crippen LogP contribution in [0.5, 0.6) is 0 Å². The van der Waals surface area contributed by atoms with Crippen LogP contribution >= 0.6 is 0 Å². The van der Waals surface area contributed by atoms with Crippen molar-refractivity contribution in [2.24, 2.45) is 0 Å². The molecule has 1 aliphatic rings. The number of carboxylic acid groups (broad SMARTS) is 1. The standard InChI is InChI=1S/C18H22N2O5/c1-2-10-19(12-9-16(22)23)15(21)8-5-11-20-17(24)13-6-3-4-7-14(13)18(20)25/h3-4,6-7H,2,5,8-12H2,1H3,(H,22,23). The quantitative estimate of drug-likeness (QED) is 0.688. The fourth-order valence-corrected chi connectivity index (χ4v) is 2.85. The summed E-state index contributed by atoms with van der Waals surface area (Å²) in [5.41, 5.74) is 0.792. The smallest absolute Gasteiger partial charge is 0.305 e. The number of hydrogen-bond donors (Lipinski definition) is 1. The summed E-state index contributed by atoms with van der Waals surface area (Å²) in [7, 11) is 0. The van der Waals surface area contributed by atoms with Gasteiger partial charge in [0.1, 0.15) is 0 Å². The Morgan fingerprint density at radius 3 is 2.16 bits per heavy atom. The van der Waals surface area contributed by atoms with Crippen LogP contribution in [0.4, 0.5) is 0 Å². The van der Waals surface area contributed by atoms with E-state index in [2.05, 4.69) is 0 Å². The van der Waals surface area contributed by atoms with Crippen LogP contribution in [0.1, 0.15) is 53.3 Å². The van der Waals surface area contributed by atoms with Gasteiger partial charge in [-0.15, -0.1) is 0 Å². The van der Waals surface area contributed by atoms with E-state index in [0.717, 1.165) is 6.42 Å². The van der Waals surface area contributed by atoms with Crippen molar-refractivity contribution in [3.8, 4) is 0 Å². The molecule has 1 aromatic rings. The van der Waals surface area contributed by atoms with Crippen molar-refractivity contribution in [3.63, 3.8) is 0 Å². The van der Waals surface area contributed by atoms with Gasteiger partial charge >= 0.3 is 5.97 Å². The molecule has 0 fully saturated rings. The maximum absolute atomic E-state index is 12.2. The molecule has 7 nitrogen and oxygen atoms in total. The number of nitrogens with zero attached hydrogens (tertiary/aromatic N) is 2. The maximum Gasteiger partial charge on any atom is 0.305 e. The van der Waals surface area contributed by atoms with Crippen molar-refractivity contribution in [1.29, 1.82) is 0 Å². The molecule has 0 aromatic heterocycles. The molecular weight excluding hydrogens is 324 g/mol. The first-order valence-corrected chi connectivity index (χ1v) is 8.40. The second kappa shape index (κ2) is 8.41. The lowest BCUT2D eigenvalue weighted by atomic mass is 10.1. The van der Waals surface area contributed by atoms with Crippen LogP contribution in [0.3, 0.4) is 0 Å². The molecule has 1 aromatic carbocycles. The third-order valence-electron chi connectivity index (χ3n) is 4.09. The number of imide groups is 1. The third kappa shape index (κ3) is 4.43. The Kier molecular flexibility index (Phi) is 6.27. The summed E-state index contributed by atoms with van der Waals surface area (Å²) >= 11 is 0. The van der Waals surface area contributed by atoms with E-state index in [1.54, 1.807) is 24.3 Å². The van der Waals surface area contributed by atoms with Crippen LogP contribution < -0.4 is 0 Å². The van der Waals surface area contributed by atoms with Gasteiger partial charge in [0.2, 0.25) is 5.91 Å². The summed E-state index contributed by atoms with van der Waals surface area (Å²) in [6.45, 7) is 2.77.